The molecule has 2 aliphatic rings. The second kappa shape index (κ2) is 7.45. The first-order valence-electron chi connectivity index (χ1n) is 9.51. The lowest BCUT2D eigenvalue weighted by Crippen LogP contribution is -2.18. The molecule has 0 saturated heterocycles. The average Bonchev–Trinajstić information content (AvgIpc) is 3.56. The summed E-state index contributed by atoms with van der Waals surface area (Å²) in [6.07, 6.45) is 5.25. The summed E-state index contributed by atoms with van der Waals surface area (Å²) in [6, 6.07) is 3.94. The predicted octanol–water partition coefficient (Wildman–Crippen LogP) is 4.79. The number of pyridine rings is 1. The van der Waals surface area contributed by atoms with Gasteiger partial charge in [-0.1, -0.05) is 6.92 Å². The number of benzene rings is 1. The second-order valence-corrected chi connectivity index (χ2v) is 7.60. The van der Waals surface area contributed by atoms with Crippen LogP contribution in [0.1, 0.15) is 49.8 Å². The number of halogens is 3. The molecule has 2 aliphatic carbocycles. The van der Waals surface area contributed by atoms with E-state index in [2.05, 4.69) is 10.3 Å². The van der Waals surface area contributed by atoms with Gasteiger partial charge < -0.3 is 10.1 Å². The number of nitrogens with one attached hydrogen (secondary N) is 1. The molecule has 0 bridgehead atoms. The van der Waals surface area contributed by atoms with E-state index in [1.807, 2.05) is 0 Å². The summed E-state index contributed by atoms with van der Waals surface area (Å²) in [5, 5.41) is 2.26. The number of ether oxygens (including phenoxy) is 1. The van der Waals surface area contributed by atoms with Gasteiger partial charge in [0.15, 0.2) is 11.6 Å². The van der Waals surface area contributed by atoms with Crippen molar-refractivity contribution in [3.05, 3.63) is 53.1 Å². The van der Waals surface area contributed by atoms with Gasteiger partial charge in [0.05, 0.1) is 12.8 Å². The molecule has 0 spiro atoms. The molecule has 0 unspecified atom stereocenters. The third-order valence-corrected chi connectivity index (χ3v) is 5.22. The summed E-state index contributed by atoms with van der Waals surface area (Å²) in [5.74, 6) is -3.48. The Bertz CT molecular complexity index is 894. The van der Waals surface area contributed by atoms with Gasteiger partial charge in [0.2, 0.25) is 5.91 Å². The number of hydrogen-bond acceptors (Lipinski definition) is 3. The summed E-state index contributed by atoms with van der Waals surface area (Å²) >= 11 is 0. The summed E-state index contributed by atoms with van der Waals surface area (Å²) in [5.41, 5.74) is -0.515. The van der Waals surface area contributed by atoms with E-state index >= 15 is 0 Å². The van der Waals surface area contributed by atoms with Crippen molar-refractivity contribution in [2.45, 2.75) is 38.5 Å². The highest BCUT2D eigenvalue weighted by molar-refractivity contribution is 5.94. The molecular formula is C21H21F3N2O2. The first kappa shape index (κ1) is 18.8. The van der Waals surface area contributed by atoms with Gasteiger partial charge in [-0.15, -0.1) is 0 Å². The van der Waals surface area contributed by atoms with Gasteiger partial charge in [0.1, 0.15) is 17.3 Å². The molecule has 4 rings (SSSR count). The van der Waals surface area contributed by atoms with E-state index in [0.29, 0.717) is 42.9 Å². The van der Waals surface area contributed by atoms with Crippen molar-refractivity contribution in [2.24, 2.45) is 11.8 Å². The molecule has 1 amide bonds. The number of carbonyl (C=O) groups is 1. The maximum absolute atomic E-state index is 14.9. The normalized spacial score (nSPS) is 17.3. The summed E-state index contributed by atoms with van der Waals surface area (Å²) in [4.78, 5) is 16.1. The van der Waals surface area contributed by atoms with Crippen molar-refractivity contribution >= 4 is 11.6 Å². The van der Waals surface area contributed by atoms with Gasteiger partial charge in [0.25, 0.3) is 0 Å². The first-order valence-corrected chi connectivity index (χ1v) is 9.51. The minimum atomic E-state index is -1.13. The Morgan fingerprint density at radius 1 is 1.21 bits per heavy atom. The van der Waals surface area contributed by atoms with Crippen LogP contribution in [0.25, 0.3) is 0 Å². The fraction of sp³-hybridized carbons (Fsp3) is 0.429. The van der Waals surface area contributed by atoms with E-state index in [9.17, 15) is 18.0 Å². The Morgan fingerprint density at radius 3 is 2.57 bits per heavy atom. The highest BCUT2D eigenvalue weighted by atomic mass is 19.1. The first-order chi connectivity index (χ1) is 13.4. The molecule has 1 heterocycles. The SMILES string of the molecule is C[C@@H](c1ccc(OCC2CC2)cn1)c1c(F)cc(F)c(NC(=O)C2CC2)c1F. The molecule has 2 saturated carbocycles. The van der Waals surface area contributed by atoms with Crippen molar-refractivity contribution < 1.29 is 22.7 Å². The van der Waals surface area contributed by atoms with Crippen LogP contribution in [0.3, 0.4) is 0 Å². The Kier molecular flexibility index (Phi) is 5.00. The van der Waals surface area contributed by atoms with Crippen LogP contribution in [0.2, 0.25) is 0 Å². The van der Waals surface area contributed by atoms with Crippen LogP contribution in [0.5, 0.6) is 5.75 Å². The van der Waals surface area contributed by atoms with Crippen molar-refractivity contribution in [1.29, 1.82) is 0 Å². The number of carbonyl (C=O) groups excluding carboxylic acids is 1. The van der Waals surface area contributed by atoms with Crippen LogP contribution >= 0.6 is 0 Å². The molecule has 28 heavy (non-hydrogen) atoms. The third-order valence-electron chi connectivity index (χ3n) is 5.22. The molecular weight excluding hydrogens is 369 g/mol. The quantitative estimate of drug-likeness (QED) is 0.740. The molecule has 2 aromatic rings. The zero-order valence-electron chi connectivity index (χ0n) is 15.5. The van der Waals surface area contributed by atoms with Gasteiger partial charge >= 0.3 is 0 Å². The number of aromatic nitrogens is 1. The lowest BCUT2D eigenvalue weighted by Gasteiger charge is -2.17. The summed E-state index contributed by atoms with van der Waals surface area (Å²) in [7, 11) is 0. The van der Waals surface area contributed by atoms with Crippen LogP contribution in [-0.4, -0.2) is 17.5 Å². The van der Waals surface area contributed by atoms with Crippen LogP contribution in [0.15, 0.2) is 24.4 Å². The topological polar surface area (TPSA) is 51.2 Å². The van der Waals surface area contributed by atoms with Crippen molar-refractivity contribution in [1.82, 2.24) is 4.98 Å². The standard InChI is InChI=1S/C21H21F3N2O2/c1-11(17-7-6-14(9-25-17)28-10-12-2-3-12)18-15(22)8-16(23)20(19(18)24)26-21(27)13-4-5-13/h6-9,11-13H,2-5,10H2,1H3,(H,26,27)/t11-/m0/s1. The molecule has 1 aromatic heterocycles. The number of amides is 1. The predicted molar refractivity (Wildman–Crippen MR) is 97.6 cm³/mol. The van der Waals surface area contributed by atoms with Gasteiger partial charge in [-0.25, -0.2) is 13.2 Å². The molecule has 1 aromatic carbocycles. The minimum Gasteiger partial charge on any atom is -0.492 e. The molecule has 4 nitrogen and oxygen atoms in total. The van der Waals surface area contributed by atoms with Gasteiger partial charge in [-0.05, 0) is 43.7 Å². The third kappa shape index (κ3) is 3.98. The molecule has 0 radical (unpaired) electrons. The lowest BCUT2D eigenvalue weighted by molar-refractivity contribution is -0.117. The minimum absolute atomic E-state index is 0.227. The average molecular weight is 390 g/mol. The maximum atomic E-state index is 14.9. The maximum Gasteiger partial charge on any atom is 0.227 e. The lowest BCUT2D eigenvalue weighted by atomic mass is 9.95. The molecule has 0 aliphatic heterocycles. The Balaban J connectivity index is 1.56. The van der Waals surface area contributed by atoms with Crippen LogP contribution in [-0.2, 0) is 4.79 Å². The highest BCUT2D eigenvalue weighted by Gasteiger charge is 2.32. The largest absolute Gasteiger partial charge is 0.492 e. The van der Waals surface area contributed by atoms with Crippen LogP contribution < -0.4 is 10.1 Å². The van der Waals surface area contributed by atoms with E-state index in [1.54, 1.807) is 19.1 Å². The molecule has 148 valence electrons. The van der Waals surface area contributed by atoms with Crippen LogP contribution in [0, 0.1) is 29.3 Å². The van der Waals surface area contributed by atoms with E-state index in [4.69, 9.17) is 4.74 Å². The van der Waals surface area contributed by atoms with Gasteiger partial charge in [-0.3, -0.25) is 9.78 Å². The van der Waals surface area contributed by atoms with Gasteiger partial charge in [0, 0.05) is 29.2 Å². The zero-order valence-corrected chi connectivity index (χ0v) is 15.5. The summed E-state index contributed by atoms with van der Waals surface area (Å²) < 4.78 is 49.0. The summed E-state index contributed by atoms with van der Waals surface area (Å²) in [6.45, 7) is 2.22. The molecule has 7 heteroatoms. The molecule has 1 atom stereocenters. The highest BCUT2D eigenvalue weighted by Crippen LogP contribution is 2.36. The van der Waals surface area contributed by atoms with Crippen molar-refractivity contribution in [2.75, 3.05) is 11.9 Å². The smallest absolute Gasteiger partial charge is 0.227 e. The van der Waals surface area contributed by atoms with E-state index < -0.39 is 35.0 Å². The van der Waals surface area contributed by atoms with Crippen molar-refractivity contribution in [3.8, 4) is 5.75 Å². The Morgan fingerprint density at radius 2 is 1.96 bits per heavy atom. The monoisotopic (exact) mass is 390 g/mol. The number of nitrogens with zero attached hydrogens (tertiary/aromatic N) is 1. The molecule has 1 N–H and O–H groups in total. The second-order valence-electron chi connectivity index (χ2n) is 7.60. The fourth-order valence-corrected chi connectivity index (χ4v) is 3.07. The van der Waals surface area contributed by atoms with E-state index in [-0.39, 0.29) is 11.5 Å². The van der Waals surface area contributed by atoms with E-state index in [1.165, 1.54) is 19.0 Å². The number of hydrogen-bond donors (Lipinski definition) is 1. The van der Waals surface area contributed by atoms with Gasteiger partial charge in [-0.2, -0.15) is 0 Å². The van der Waals surface area contributed by atoms with Crippen LogP contribution in [0.4, 0.5) is 18.9 Å². The Hall–Kier alpha value is -2.57. The van der Waals surface area contributed by atoms with Crippen molar-refractivity contribution in [3.63, 3.8) is 0 Å². The Labute approximate surface area is 161 Å². The zero-order chi connectivity index (χ0) is 19.8. The number of rotatable bonds is 7. The number of anilines is 1. The fourth-order valence-electron chi connectivity index (χ4n) is 3.07. The van der Waals surface area contributed by atoms with E-state index in [0.717, 1.165) is 0 Å². The molecule has 2 fully saturated rings.